The van der Waals surface area contributed by atoms with E-state index in [-0.39, 0.29) is 58.7 Å². The van der Waals surface area contributed by atoms with Gasteiger partial charge in [-0.15, -0.1) is 0 Å². The van der Waals surface area contributed by atoms with Crippen LogP contribution in [0.15, 0.2) is 91.0 Å². The fraction of sp³-hybridized carbons (Fsp3) is 0.744. The number of phosphoric ester groups is 2. The zero-order chi connectivity index (χ0) is 75.5. The molecule has 4 atom stereocenters. The highest BCUT2D eigenvalue weighted by atomic mass is 31.2. The highest BCUT2D eigenvalue weighted by molar-refractivity contribution is 7.48. The first-order valence-electron chi connectivity index (χ1n) is 41.9. The Morgan fingerprint density at radius 2 is 0.476 bits per heavy atom. The second kappa shape index (κ2) is 66.7. The van der Waals surface area contributed by atoms with Crippen LogP contribution in [0.25, 0.3) is 0 Å². The first kappa shape index (κ1) is 94.9. The number of phosphoric acid groups is 2. The van der Waals surface area contributed by atoms with Crippen LogP contribution in [0.5, 0.6) is 0 Å². The number of hydrogen-bond donors (Lipinski definition) is 0. The Kier molecular flexibility index (Phi) is 60.3. The van der Waals surface area contributed by atoms with Gasteiger partial charge < -0.3 is 23.7 Å². The maximum absolute atomic E-state index is 15.2. The minimum absolute atomic E-state index is 0.00765. The number of esters is 4. The topological polar surface area (TPSA) is 204 Å². The van der Waals surface area contributed by atoms with Crippen LogP contribution in [0.4, 0.5) is 0 Å². The summed E-state index contributed by atoms with van der Waals surface area (Å²) in [6, 6.07) is 27.4. The lowest BCUT2D eigenvalue weighted by Crippen LogP contribution is -2.31. The quantitative estimate of drug-likeness (QED) is 0.0223. The first-order valence-corrected chi connectivity index (χ1v) is 44.8. The van der Waals surface area contributed by atoms with Gasteiger partial charge in [-0.05, 0) is 42.4 Å². The van der Waals surface area contributed by atoms with Crippen molar-refractivity contribution in [2.75, 3.05) is 39.6 Å². The van der Waals surface area contributed by atoms with Gasteiger partial charge in [-0.25, -0.2) is 9.13 Å². The van der Waals surface area contributed by atoms with Crippen LogP contribution in [0.1, 0.15) is 353 Å². The molecule has 0 aromatic heterocycles. The van der Waals surface area contributed by atoms with Gasteiger partial charge in [0.05, 0.1) is 46.2 Å². The monoisotopic (exact) mass is 1510 g/mol. The lowest BCUT2D eigenvalue weighted by molar-refractivity contribution is -0.161. The summed E-state index contributed by atoms with van der Waals surface area (Å²) in [6.07, 6.45) is 46.8. The van der Waals surface area contributed by atoms with E-state index in [0.29, 0.717) is 36.8 Å². The highest BCUT2D eigenvalue weighted by Gasteiger charge is 2.35. The Labute approximate surface area is 636 Å². The van der Waals surface area contributed by atoms with Crippen LogP contribution in [-0.2, 0) is 99.0 Å². The van der Waals surface area contributed by atoms with Crippen molar-refractivity contribution in [1.29, 1.82) is 0 Å². The first-order chi connectivity index (χ1) is 51.4. The zero-order valence-electron chi connectivity index (χ0n) is 66.0. The molecule has 3 aromatic carbocycles. The van der Waals surface area contributed by atoms with E-state index in [1.165, 1.54) is 180 Å². The maximum atomic E-state index is 15.2. The molecule has 600 valence electrons. The third-order valence-electron chi connectivity index (χ3n) is 18.9. The molecule has 0 aliphatic rings. The molecule has 0 saturated heterocycles. The van der Waals surface area contributed by atoms with Gasteiger partial charge >= 0.3 is 39.5 Å². The van der Waals surface area contributed by atoms with Crippen molar-refractivity contribution in [3.63, 3.8) is 0 Å². The van der Waals surface area contributed by atoms with Crippen molar-refractivity contribution in [3.8, 4) is 0 Å². The summed E-state index contributed by atoms with van der Waals surface area (Å²) in [4.78, 5) is 53.7. The number of benzene rings is 3. The van der Waals surface area contributed by atoms with Crippen molar-refractivity contribution >= 4 is 39.5 Å². The van der Waals surface area contributed by atoms with Crippen LogP contribution in [-0.4, -0.2) is 81.8 Å². The predicted octanol–water partition coefficient (Wildman–Crippen LogP) is 25.0. The molecular formula is C86H144O17P2. The van der Waals surface area contributed by atoms with Crippen LogP contribution in [0, 0.1) is 0 Å². The van der Waals surface area contributed by atoms with Crippen molar-refractivity contribution in [3.05, 3.63) is 108 Å². The van der Waals surface area contributed by atoms with Gasteiger partial charge in [-0.1, -0.05) is 376 Å². The largest absolute Gasteiger partial charge is 0.475 e. The lowest BCUT2D eigenvalue weighted by atomic mass is 10.1. The number of carbonyl (C=O) groups excluding carboxylic acids is 4. The second-order valence-electron chi connectivity index (χ2n) is 28.7. The van der Waals surface area contributed by atoms with Gasteiger partial charge in [-0.2, -0.15) is 0 Å². The van der Waals surface area contributed by atoms with Gasteiger partial charge in [0.2, 0.25) is 0 Å². The molecule has 19 heteroatoms. The highest BCUT2D eigenvalue weighted by Crippen LogP contribution is 2.53. The third kappa shape index (κ3) is 55.7. The molecule has 0 bridgehead atoms. The molecule has 3 rings (SSSR count). The average Bonchev–Trinajstić information content (AvgIpc) is 0.865. The molecule has 3 aromatic rings. The molecule has 0 spiro atoms. The molecule has 0 N–H and O–H groups in total. The molecular weight excluding hydrogens is 1370 g/mol. The Morgan fingerprint density at radius 1 is 0.257 bits per heavy atom. The van der Waals surface area contributed by atoms with E-state index in [2.05, 4.69) is 27.7 Å². The summed E-state index contributed by atoms with van der Waals surface area (Å²) in [7, 11) is -9.34. The second-order valence-corrected chi connectivity index (χ2v) is 32.1. The molecule has 0 radical (unpaired) electrons. The van der Waals surface area contributed by atoms with E-state index >= 15 is 9.13 Å². The van der Waals surface area contributed by atoms with E-state index in [0.717, 1.165) is 82.6 Å². The molecule has 0 amide bonds. The number of unbranched alkanes of at least 4 members (excludes halogenated alkanes) is 40. The van der Waals surface area contributed by atoms with Crippen molar-refractivity contribution in [1.82, 2.24) is 0 Å². The fourth-order valence-electron chi connectivity index (χ4n) is 12.3. The number of hydrogen-bond acceptors (Lipinski definition) is 17. The number of carbonyl (C=O) groups is 4. The average molecular weight is 1510 g/mol. The van der Waals surface area contributed by atoms with Gasteiger partial charge in [0, 0.05) is 25.7 Å². The van der Waals surface area contributed by atoms with E-state index in [9.17, 15) is 19.2 Å². The van der Waals surface area contributed by atoms with Crippen molar-refractivity contribution < 1.29 is 79.1 Å². The summed E-state index contributed by atoms with van der Waals surface area (Å²) < 4.78 is 96.8. The Bertz CT molecular complexity index is 2460. The van der Waals surface area contributed by atoms with Crippen molar-refractivity contribution in [2.24, 2.45) is 0 Å². The summed E-state index contributed by atoms with van der Waals surface area (Å²) in [5, 5.41) is 0. The van der Waals surface area contributed by atoms with Gasteiger partial charge in [0.1, 0.15) is 19.3 Å². The molecule has 0 saturated carbocycles. The summed E-state index contributed by atoms with van der Waals surface area (Å²) in [5.41, 5.74) is 2.08. The smallest absolute Gasteiger partial charge is 0.462 e. The Hall–Kier alpha value is -4.28. The van der Waals surface area contributed by atoms with Crippen LogP contribution < -0.4 is 0 Å². The Balaban J connectivity index is 1.84. The van der Waals surface area contributed by atoms with E-state index in [1.807, 2.05) is 66.7 Å². The van der Waals surface area contributed by atoms with Gasteiger partial charge in [-0.3, -0.25) is 46.3 Å². The molecule has 0 fully saturated rings. The SMILES string of the molecule is CCCCCCCCCCCCCC(=O)OCC(COP(=O)(OCc1ccccc1)OCC(COP(=O)(OCc1ccccc1)OCC(COC(=O)CCCCCCCCCCCCC)OC(=O)CCCCCCCCCCCCC)OCc1ccccc1)OC(=O)CCCCCCCCCCCCC. The molecule has 105 heavy (non-hydrogen) atoms. The summed E-state index contributed by atoms with van der Waals surface area (Å²) >= 11 is 0. The minimum Gasteiger partial charge on any atom is -0.462 e. The summed E-state index contributed by atoms with van der Waals surface area (Å²) in [6.45, 7) is 5.70. The molecule has 0 heterocycles. The molecule has 0 aliphatic carbocycles. The van der Waals surface area contributed by atoms with Gasteiger partial charge in [0.15, 0.2) is 12.2 Å². The van der Waals surface area contributed by atoms with Crippen molar-refractivity contribution in [2.45, 2.75) is 374 Å². The predicted molar refractivity (Wildman–Crippen MR) is 422 cm³/mol. The van der Waals surface area contributed by atoms with Crippen LogP contribution in [0.2, 0.25) is 0 Å². The normalized spacial score (nSPS) is 13.6. The van der Waals surface area contributed by atoms with E-state index < -0.39 is 84.3 Å². The van der Waals surface area contributed by atoms with Gasteiger partial charge in [0.25, 0.3) is 0 Å². The number of ether oxygens (including phenoxy) is 5. The molecule has 0 aliphatic heterocycles. The number of rotatable bonds is 75. The Morgan fingerprint density at radius 3 is 0.733 bits per heavy atom. The van der Waals surface area contributed by atoms with Crippen LogP contribution >= 0.6 is 15.6 Å². The van der Waals surface area contributed by atoms with E-state index in [4.69, 9.17) is 50.8 Å². The lowest BCUT2D eigenvalue weighted by Gasteiger charge is -2.26. The maximum Gasteiger partial charge on any atom is 0.475 e. The summed E-state index contributed by atoms with van der Waals surface area (Å²) in [5.74, 6) is -1.89. The standard InChI is InChI=1S/C86H144O17P2/c1-5-9-13-17-21-25-29-33-37-41-54-64-83(87)94-71-81(102-85(89)66-56-43-39-35-31-27-23-19-15-11-7-3)75-100-104(91,96-69-78-60-50-46-51-61-78)98-73-80(93-68-77-58-48-45-49-59-77)74-99-105(92,97-70-79-62-52-47-53-63-79)101-76-82(103-86(90)67-57-44-40-36-32-28-24-20-16-12-8-4)72-95-84(88)65-55-42-38-34-30-26-22-18-14-10-6-2/h45-53,58-63,80-82H,5-44,54-57,64-76H2,1-4H3. The molecule has 4 unspecified atom stereocenters. The zero-order valence-corrected chi connectivity index (χ0v) is 67.8. The van der Waals surface area contributed by atoms with E-state index in [1.54, 1.807) is 24.3 Å². The van der Waals surface area contributed by atoms with Crippen LogP contribution in [0.3, 0.4) is 0 Å². The minimum atomic E-state index is -4.67. The fourth-order valence-corrected chi connectivity index (χ4v) is 14.7. The third-order valence-corrected chi connectivity index (χ3v) is 21.6. The molecule has 17 nitrogen and oxygen atoms in total.